The number of carbonyl (C=O) groups is 2. The van der Waals surface area contributed by atoms with Gasteiger partial charge in [-0.1, -0.05) is 0 Å². The van der Waals surface area contributed by atoms with E-state index in [0.29, 0.717) is 6.54 Å². The largest absolute Gasteiger partial charge is 0.469 e. The number of ether oxygens (including phenoxy) is 1. The molecule has 1 aliphatic heterocycles. The Morgan fingerprint density at radius 2 is 1.86 bits per heavy atom. The fourth-order valence-corrected chi connectivity index (χ4v) is 2.66. The van der Waals surface area contributed by atoms with Crippen molar-refractivity contribution < 1.29 is 14.3 Å². The molecule has 21 heavy (non-hydrogen) atoms. The number of anilines is 1. The Kier molecular flexibility index (Phi) is 5.33. The number of benzene rings is 1. The summed E-state index contributed by atoms with van der Waals surface area (Å²) in [5.41, 5.74) is 1.82. The van der Waals surface area contributed by atoms with E-state index in [1.807, 2.05) is 24.3 Å². The van der Waals surface area contributed by atoms with Crippen molar-refractivity contribution in [3.05, 3.63) is 29.8 Å². The molecule has 1 aromatic carbocycles. The van der Waals surface area contributed by atoms with Gasteiger partial charge in [-0.05, 0) is 44.2 Å². The molecule has 0 bridgehead atoms. The zero-order valence-electron chi connectivity index (χ0n) is 12.6. The van der Waals surface area contributed by atoms with Crippen LogP contribution in [0.25, 0.3) is 0 Å². The number of rotatable bonds is 5. The zero-order chi connectivity index (χ0) is 15.2. The van der Waals surface area contributed by atoms with E-state index in [4.69, 9.17) is 4.74 Å². The standard InChI is InChI=1S/C16H22N2O3/c1-17-11-15(19)12-3-5-14(6-4-12)18-9-7-13(8-10-18)16(20)21-2/h3-6,13,17H,7-11H2,1-2H3. The summed E-state index contributed by atoms with van der Waals surface area (Å²) >= 11 is 0. The summed E-state index contributed by atoms with van der Waals surface area (Å²) in [7, 11) is 3.20. The molecule has 0 radical (unpaired) electrons. The van der Waals surface area contributed by atoms with Gasteiger partial charge >= 0.3 is 5.97 Å². The molecular weight excluding hydrogens is 268 g/mol. The summed E-state index contributed by atoms with van der Waals surface area (Å²) in [6.07, 6.45) is 1.63. The highest BCUT2D eigenvalue weighted by molar-refractivity contribution is 5.97. The van der Waals surface area contributed by atoms with Crippen LogP contribution >= 0.6 is 0 Å². The molecule has 1 aromatic rings. The molecule has 0 spiro atoms. The summed E-state index contributed by atoms with van der Waals surface area (Å²) in [6, 6.07) is 7.67. The number of methoxy groups -OCH3 is 1. The van der Waals surface area contributed by atoms with Gasteiger partial charge < -0.3 is 15.0 Å². The molecule has 5 heteroatoms. The average Bonchev–Trinajstić information content (AvgIpc) is 2.54. The number of hydrogen-bond donors (Lipinski definition) is 1. The Hall–Kier alpha value is -1.88. The van der Waals surface area contributed by atoms with Crippen LogP contribution in [0, 0.1) is 5.92 Å². The summed E-state index contributed by atoms with van der Waals surface area (Å²) in [5.74, 6) is -0.00107. The molecule has 1 fully saturated rings. The van der Waals surface area contributed by atoms with Gasteiger partial charge in [-0.15, -0.1) is 0 Å². The van der Waals surface area contributed by atoms with Crippen molar-refractivity contribution in [1.29, 1.82) is 0 Å². The molecule has 1 aliphatic rings. The van der Waals surface area contributed by atoms with E-state index >= 15 is 0 Å². The number of esters is 1. The maximum atomic E-state index is 11.8. The molecular formula is C16H22N2O3. The summed E-state index contributed by atoms with van der Waals surface area (Å²) < 4.78 is 4.79. The Labute approximate surface area is 125 Å². The second-order valence-corrected chi connectivity index (χ2v) is 5.28. The smallest absolute Gasteiger partial charge is 0.308 e. The van der Waals surface area contributed by atoms with Crippen molar-refractivity contribution in [2.24, 2.45) is 5.92 Å². The molecule has 1 N–H and O–H groups in total. The number of carbonyl (C=O) groups excluding carboxylic acids is 2. The predicted octanol–water partition coefficient (Wildman–Crippen LogP) is 1.48. The normalized spacial score (nSPS) is 15.8. The third-order valence-corrected chi connectivity index (χ3v) is 3.92. The Morgan fingerprint density at radius 1 is 1.24 bits per heavy atom. The van der Waals surface area contributed by atoms with Gasteiger partial charge in [-0.25, -0.2) is 0 Å². The van der Waals surface area contributed by atoms with Gasteiger partial charge in [0, 0.05) is 24.3 Å². The van der Waals surface area contributed by atoms with Gasteiger partial charge in [0.25, 0.3) is 0 Å². The highest BCUT2D eigenvalue weighted by Crippen LogP contribution is 2.24. The van der Waals surface area contributed by atoms with Crippen LogP contribution in [0.3, 0.4) is 0 Å². The van der Waals surface area contributed by atoms with E-state index in [9.17, 15) is 9.59 Å². The van der Waals surface area contributed by atoms with Gasteiger partial charge in [0.2, 0.25) is 0 Å². The monoisotopic (exact) mass is 290 g/mol. The lowest BCUT2D eigenvalue weighted by Crippen LogP contribution is -2.36. The lowest BCUT2D eigenvalue weighted by atomic mass is 9.96. The van der Waals surface area contributed by atoms with Gasteiger partial charge in [0.15, 0.2) is 5.78 Å². The fraction of sp³-hybridized carbons (Fsp3) is 0.500. The highest BCUT2D eigenvalue weighted by Gasteiger charge is 2.25. The number of ketones is 1. The second-order valence-electron chi connectivity index (χ2n) is 5.28. The van der Waals surface area contributed by atoms with Crippen LogP contribution in [0.4, 0.5) is 5.69 Å². The minimum Gasteiger partial charge on any atom is -0.469 e. The first kappa shape index (κ1) is 15.5. The molecule has 1 heterocycles. The zero-order valence-corrected chi connectivity index (χ0v) is 12.6. The van der Waals surface area contributed by atoms with Crippen molar-refractivity contribution in [2.75, 3.05) is 38.7 Å². The molecule has 0 unspecified atom stereocenters. The molecule has 0 aliphatic carbocycles. The first-order valence-electron chi connectivity index (χ1n) is 7.26. The number of Topliss-reactive ketones (excluding diaryl/α,β-unsaturated/α-hetero) is 1. The van der Waals surface area contributed by atoms with Gasteiger partial charge in [-0.2, -0.15) is 0 Å². The van der Waals surface area contributed by atoms with E-state index in [0.717, 1.165) is 37.2 Å². The van der Waals surface area contributed by atoms with Gasteiger partial charge in [0.05, 0.1) is 19.6 Å². The Morgan fingerprint density at radius 3 is 2.38 bits per heavy atom. The second kappa shape index (κ2) is 7.22. The predicted molar refractivity (Wildman–Crippen MR) is 81.7 cm³/mol. The number of nitrogens with zero attached hydrogens (tertiary/aromatic N) is 1. The number of piperidine rings is 1. The van der Waals surface area contributed by atoms with Crippen LogP contribution in [-0.2, 0) is 9.53 Å². The van der Waals surface area contributed by atoms with E-state index < -0.39 is 0 Å². The topological polar surface area (TPSA) is 58.6 Å². The molecule has 0 saturated carbocycles. The maximum absolute atomic E-state index is 11.8. The van der Waals surface area contributed by atoms with Crippen LogP contribution in [0.5, 0.6) is 0 Å². The number of likely N-dealkylation sites (N-methyl/N-ethyl adjacent to an activating group) is 1. The first-order chi connectivity index (χ1) is 10.2. The van der Waals surface area contributed by atoms with Crippen molar-refractivity contribution in [3.8, 4) is 0 Å². The number of nitrogens with one attached hydrogen (secondary N) is 1. The third-order valence-electron chi connectivity index (χ3n) is 3.92. The van der Waals surface area contributed by atoms with Crippen LogP contribution < -0.4 is 10.2 Å². The van der Waals surface area contributed by atoms with Gasteiger partial charge in [0.1, 0.15) is 0 Å². The van der Waals surface area contributed by atoms with Gasteiger partial charge in [-0.3, -0.25) is 9.59 Å². The molecule has 114 valence electrons. The van der Waals surface area contributed by atoms with Crippen LogP contribution in [0.1, 0.15) is 23.2 Å². The molecule has 0 amide bonds. The van der Waals surface area contributed by atoms with Crippen molar-refractivity contribution >= 4 is 17.4 Å². The van der Waals surface area contributed by atoms with Crippen LogP contribution in [-0.4, -0.2) is 45.5 Å². The minimum atomic E-state index is -0.109. The molecule has 0 aromatic heterocycles. The van der Waals surface area contributed by atoms with Crippen LogP contribution in [0.2, 0.25) is 0 Å². The van der Waals surface area contributed by atoms with Crippen molar-refractivity contribution in [1.82, 2.24) is 5.32 Å². The quantitative estimate of drug-likeness (QED) is 0.657. The summed E-state index contributed by atoms with van der Waals surface area (Å²) in [6.45, 7) is 2.02. The lowest BCUT2D eigenvalue weighted by Gasteiger charge is -2.32. The van der Waals surface area contributed by atoms with E-state index in [2.05, 4.69) is 10.2 Å². The van der Waals surface area contributed by atoms with E-state index in [1.165, 1.54) is 7.11 Å². The maximum Gasteiger partial charge on any atom is 0.308 e. The lowest BCUT2D eigenvalue weighted by molar-refractivity contribution is -0.146. The minimum absolute atomic E-state index is 0.0164. The van der Waals surface area contributed by atoms with Crippen LogP contribution in [0.15, 0.2) is 24.3 Å². The summed E-state index contributed by atoms with van der Waals surface area (Å²) in [5, 5.41) is 2.86. The molecule has 1 saturated heterocycles. The fourth-order valence-electron chi connectivity index (χ4n) is 2.66. The van der Waals surface area contributed by atoms with Crippen molar-refractivity contribution in [3.63, 3.8) is 0 Å². The average molecular weight is 290 g/mol. The van der Waals surface area contributed by atoms with E-state index in [1.54, 1.807) is 7.05 Å². The Balaban J connectivity index is 1.95. The van der Waals surface area contributed by atoms with E-state index in [-0.39, 0.29) is 17.7 Å². The summed E-state index contributed by atoms with van der Waals surface area (Å²) in [4.78, 5) is 25.5. The molecule has 5 nitrogen and oxygen atoms in total. The highest BCUT2D eigenvalue weighted by atomic mass is 16.5. The molecule has 2 rings (SSSR count). The molecule has 0 atom stereocenters. The first-order valence-corrected chi connectivity index (χ1v) is 7.26. The SMILES string of the molecule is CNCC(=O)c1ccc(N2CCC(C(=O)OC)CC2)cc1. The Bertz CT molecular complexity index is 491. The van der Waals surface area contributed by atoms with Crippen molar-refractivity contribution in [2.45, 2.75) is 12.8 Å². The third kappa shape index (κ3) is 3.82. The number of hydrogen-bond acceptors (Lipinski definition) is 5.